The van der Waals surface area contributed by atoms with Crippen molar-refractivity contribution in [2.24, 2.45) is 0 Å². The highest BCUT2D eigenvalue weighted by Crippen LogP contribution is 2.28. The van der Waals surface area contributed by atoms with Crippen molar-refractivity contribution in [3.05, 3.63) is 47.8 Å². The Morgan fingerprint density at radius 3 is 2.62 bits per heavy atom. The molecule has 126 valence electrons. The number of ether oxygens (including phenoxy) is 1. The number of hydrogen-bond donors (Lipinski definition) is 1. The van der Waals surface area contributed by atoms with Gasteiger partial charge in [-0.1, -0.05) is 6.07 Å². The number of aryl methyl sites for hydroxylation is 1. The first-order valence-electron chi connectivity index (χ1n) is 8.34. The average Bonchev–Trinajstić information content (AvgIpc) is 2.63. The summed E-state index contributed by atoms with van der Waals surface area (Å²) in [4.78, 5) is 18.7. The molecule has 1 aromatic carbocycles. The molecule has 1 amide bonds. The third-order valence-corrected chi connectivity index (χ3v) is 4.26. The van der Waals surface area contributed by atoms with Crippen LogP contribution in [0.3, 0.4) is 0 Å². The van der Waals surface area contributed by atoms with Gasteiger partial charge in [0.1, 0.15) is 11.4 Å². The van der Waals surface area contributed by atoms with Gasteiger partial charge in [-0.15, -0.1) is 0 Å². The number of pyridine rings is 1. The summed E-state index contributed by atoms with van der Waals surface area (Å²) < 4.78 is 5.37. The molecule has 0 unspecified atom stereocenters. The van der Waals surface area contributed by atoms with Crippen molar-refractivity contribution in [2.75, 3.05) is 25.5 Å². The van der Waals surface area contributed by atoms with Gasteiger partial charge in [0, 0.05) is 13.1 Å². The molecule has 0 spiro atoms. The standard InChI is InChI=1S/C19H23N3O2/c1-14-6-9-18(24-2)17(12-14)21-15-7-8-16(20-13-15)19(23)22-10-4-3-5-11-22/h6-9,12-13,21H,3-5,10-11H2,1-2H3. The number of methoxy groups -OCH3 is 1. The fraction of sp³-hybridized carbons (Fsp3) is 0.368. The summed E-state index contributed by atoms with van der Waals surface area (Å²) in [6, 6.07) is 9.61. The van der Waals surface area contributed by atoms with Gasteiger partial charge >= 0.3 is 0 Å². The van der Waals surface area contributed by atoms with Crippen LogP contribution in [0.2, 0.25) is 0 Å². The molecule has 0 atom stereocenters. The number of carbonyl (C=O) groups is 1. The van der Waals surface area contributed by atoms with Gasteiger partial charge in [-0.05, 0) is 56.0 Å². The monoisotopic (exact) mass is 325 g/mol. The Morgan fingerprint density at radius 1 is 1.17 bits per heavy atom. The number of nitrogens with zero attached hydrogens (tertiary/aromatic N) is 2. The van der Waals surface area contributed by atoms with Gasteiger partial charge in [-0.25, -0.2) is 4.98 Å². The minimum Gasteiger partial charge on any atom is -0.495 e. The molecule has 0 saturated carbocycles. The van der Waals surface area contributed by atoms with Gasteiger partial charge < -0.3 is 15.0 Å². The van der Waals surface area contributed by atoms with Crippen LogP contribution in [0.5, 0.6) is 5.75 Å². The first kappa shape index (κ1) is 16.3. The van der Waals surface area contributed by atoms with Crippen LogP contribution in [0.4, 0.5) is 11.4 Å². The van der Waals surface area contributed by atoms with Crippen LogP contribution in [-0.4, -0.2) is 36.0 Å². The number of piperidine rings is 1. The van der Waals surface area contributed by atoms with Crippen LogP contribution in [0.15, 0.2) is 36.5 Å². The Balaban J connectivity index is 1.73. The number of nitrogens with one attached hydrogen (secondary N) is 1. The molecule has 1 fully saturated rings. The first-order chi connectivity index (χ1) is 11.7. The summed E-state index contributed by atoms with van der Waals surface area (Å²) in [5.74, 6) is 0.795. The summed E-state index contributed by atoms with van der Waals surface area (Å²) in [5, 5.41) is 3.30. The lowest BCUT2D eigenvalue weighted by Gasteiger charge is -2.26. The molecule has 0 radical (unpaired) electrons. The number of anilines is 2. The maximum absolute atomic E-state index is 12.4. The lowest BCUT2D eigenvalue weighted by Crippen LogP contribution is -2.36. The molecule has 5 heteroatoms. The molecule has 2 aromatic rings. The summed E-state index contributed by atoms with van der Waals surface area (Å²) in [5.41, 5.74) is 3.35. The predicted molar refractivity (Wildman–Crippen MR) is 95.0 cm³/mol. The van der Waals surface area contributed by atoms with E-state index in [0.29, 0.717) is 5.69 Å². The molecule has 1 N–H and O–H groups in total. The highest BCUT2D eigenvalue weighted by atomic mass is 16.5. The van der Waals surface area contributed by atoms with E-state index in [0.717, 1.165) is 48.6 Å². The molecule has 1 aliphatic heterocycles. The maximum atomic E-state index is 12.4. The van der Waals surface area contributed by atoms with Gasteiger partial charge in [0.15, 0.2) is 0 Å². The van der Waals surface area contributed by atoms with E-state index in [9.17, 15) is 4.79 Å². The van der Waals surface area contributed by atoms with E-state index in [4.69, 9.17) is 4.74 Å². The Hall–Kier alpha value is -2.56. The number of hydrogen-bond acceptors (Lipinski definition) is 4. The zero-order valence-corrected chi connectivity index (χ0v) is 14.2. The van der Waals surface area contributed by atoms with E-state index in [-0.39, 0.29) is 5.91 Å². The van der Waals surface area contributed by atoms with Gasteiger partial charge in [0.05, 0.1) is 24.7 Å². The highest BCUT2D eigenvalue weighted by molar-refractivity contribution is 5.92. The van der Waals surface area contributed by atoms with E-state index in [1.165, 1.54) is 6.42 Å². The predicted octanol–water partition coefficient (Wildman–Crippen LogP) is 3.77. The third kappa shape index (κ3) is 3.67. The van der Waals surface area contributed by atoms with Crippen molar-refractivity contribution in [1.29, 1.82) is 0 Å². The minimum absolute atomic E-state index is 0.0226. The Bertz CT molecular complexity index is 707. The molecule has 5 nitrogen and oxygen atoms in total. The van der Waals surface area contributed by atoms with Gasteiger partial charge in [-0.3, -0.25) is 4.79 Å². The first-order valence-corrected chi connectivity index (χ1v) is 8.34. The topological polar surface area (TPSA) is 54.5 Å². The van der Waals surface area contributed by atoms with Crippen molar-refractivity contribution in [3.8, 4) is 5.75 Å². The number of likely N-dealkylation sites (tertiary alicyclic amines) is 1. The van der Waals surface area contributed by atoms with E-state index in [1.54, 1.807) is 19.4 Å². The highest BCUT2D eigenvalue weighted by Gasteiger charge is 2.19. The number of amides is 1. The van der Waals surface area contributed by atoms with Crippen LogP contribution < -0.4 is 10.1 Å². The molecule has 3 rings (SSSR count). The second-order valence-electron chi connectivity index (χ2n) is 6.11. The second kappa shape index (κ2) is 7.34. The molecular weight excluding hydrogens is 302 g/mol. The van der Waals surface area contributed by atoms with E-state index in [1.807, 2.05) is 36.1 Å². The molecule has 24 heavy (non-hydrogen) atoms. The molecule has 2 heterocycles. The van der Waals surface area contributed by atoms with Crippen LogP contribution >= 0.6 is 0 Å². The van der Waals surface area contributed by atoms with Gasteiger partial charge in [-0.2, -0.15) is 0 Å². The van der Waals surface area contributed by atoms with Crippen molar-refractivity contribution >= 4 is 17.3 Å². The molecular formula is C19H23N3O2. The molecule has 0 aliphatic carbocycles. The fourth-order valence-corrected chi connectivity index (χ4v) is 2.93. The van der Waals surface area contributed by atoms with Crippen molar-refractivity contribution in [3.63, 3.8) is 0 Å². The van der Waals surface area contributed by atoms with E-state index < -0.39 is 0 Å². The van der Waals surface area contributed by atoms with E-state index >= 15 is 0 Å². The molecule has 1 aliphatic rings. The van der Waals surface area contributed by atoms with Crippen molar-refractivity contribution in [2.45, 2.75) is 26.2 Å². The second-order valence-corrected chi connectivity index (χ2v) is 6.11. The lowest BCUT2D eigenvalue weighted by atomic mass is 10.1. The smallest absolute Gasteiger partial charge is 0.272 e. The molecule has 0 bridgehead atoms. The fourth-order valence-electron chi connectivity index (χ4n) is 2.93. The van der Waals surface area contributed by atoms with Crippen LogP contribution in [0.25, 0.3) is 0 Å². The van der Waals surface area contributed by atoms with Gasteiger partial charge in [0.2, 0.25) is 0 Å². The normalized spacial score (nSPS) is 14.3. The molecule has 1 saturated heterocycles. The number of carbonyl (C=O) groups excluding carboxylic acids is 1. The number of rotatable bonds is 4. The SMILES string of the molecule is COc1ccc(C)cc1Nc1ccc(C(=O)N2CCCCC2)nc1. The Morgan fingerprint density at radius 2 is 1.96 bits per heavy atom. The van der Waals surface area contributed by atoms with Crippen molar-refractivity contribution < 1.29 is 9.53 Å². The Labute approximate surface area is 142 Å². The Kier molecular flexibility index (Phi) is 4.99. The number of benzene rings is 1. The zero-order valence-electron chi connectivity index (χ0n) is 14.2. The van der Waals surface area contributed by atoms with Crippen LogP contribution in [-0.2, 0) is 0 Å². The quantitative estimate of drug-likeness (QED) is 0.930. The maximum Gasteiger partial charge on any atom is 0.272 e. The van der Waals surface area contributed by atoms with Crippen LogP contribution in [0.1, 0.15) is 35.3 Å². The third-order valence-electron chi connectivity index (χ3n) is 4.26. The van der Waals surface area contributed by atoms with Crippen molar-refractivity contribution in [1.82, 2.24) is 9.88 Å². The summed E-state index contributed by atoms with van der Waals surface area (Å²) >= 11 is 0. The minimum atomic E-state index is 0.0226. The number of aromatic nitrogens is 1. The van der Waals surface area contributed by atoms with Crippen LogP contribution in [0, 0.1) is 6.92 Å². The summed E-state index contributed by atoms with van der Waals surface area (Å²) in [6.07, 6.45) is 5.06. The lowest BCUT2D eigenvalue weighted by molar-refractivity contribution is 0.0718. The summed E-state index contributed by atoms with van der Waals surface area (Å²) in [6.45, 7) is 3.70. The zero-order chi connectivity index (χ0) is 16.9. The van der Waals surface area contributed by atoms with E-state index in [2.05, 4.69) is 10.3 Å². The van der Waals surface area contributed by atoms with Gasteiger partial charge in [0.25, 0.3) is 5.91 Å². The summed E-state index contributed by atoms with van der Waals surface area (Å²) in [7, 11) is 1.65. The average molecular weight is 325 g/mol. The largest absolute Gasteiger partial charge is 0.495 e. The molecule has 1 aromatic heterocycles.